The third-order valence-corrected chi connectivity index (χ3v) is 5.87. The third kappa shape index (κ3) is 2.36. The lowest BCUT2D eigenvalue weighted by atomic mass is 9.96. The van der Waals surface area contributed by atoms with Gasteiger partial charge in [0, 0.05) is 23.1 Å². The molecule has 1 aromatic heterocycles. The highest BCUT2D eigenvalue weighted by atomic mass is 32.1. The number of aromatic nitrogens is 1. The monoisotopic (exact) mass is 368 g/mol. The van der Waals surface area contributed by atoms with Gasteiger partial charge in [0.2, 0.25) is 5.91 Å². The first kappa shape index (κ1) is 15.6. The van der Waals surface area contributed by atoms with Crippen LogP contribution >= 0.6 is 11.3 Å². The van der Waals surface area contributed by atoms with E-state index in [1.807, 2.05) is 16.3 Å². The Kier molecular flexibility index (Phi) is 3.43. The maximum atomic E-state index is 13.5. The second-order valence-electron chi connectivity index (χ2n) is 6.64. The number of hydrogen-bond donors (Lipinski definition) is 0. The van der Waals surface area contributed by atoms with Gasteiger partial charge < -0.3 is 4.90 Å². The number of halogens is 2. The minimum absolute atomic E-state index is 0.166. The van der Waals surface area contributed by atoms with Crippen LogP contribution in [0.4, 0.5) is 14.5 Å². The number of hydrogen-bond acceptors (Lipinski definition) is 3. The fraction of sp³-hybridized carbons (Fsp3) is 0.200. The standard InChI is InChI=1S/C20H14F2N2OS/c21-15-4-3-12(8-16(15)22)20-23-17(10-26-20)13-6-11-2-1-5-24-18(25)9-14(7-13)19(11)24/h3-4,6-8,10H,1-2,5,9H2. The van der Waals surface area contributed by atoms with Gasteiger partial charge in [0.1, 0.15) is 5.01 Å². The van der Waals surface area contributed by atoms with Crippen molar-refractivity contribution in [2.24, 2.45) is 0 Å². The number of nitrogens with zero attached hydrogens (tertiary/aromatic N) is 2. The Hall–Kier alpha value is -2.60. The van der Waals surface area contributed by atoms with Gasteiger partial charge in [-0.2, -0.15) is 0 Å². The predicted octanol–water partition coefficient (Wildman–Crippen LogP) is 4.59. The van der Waals surface area contributed by atoms with Gasteiger partial charge in [-0.15, -0.1) is 11.3 Å². The van der Waals surface area contributed by atoms with Crippen molar-refractivity contribution in [3.8, 4) is 21.8 Å². The molecule has 3 nitrogen and oxygen atoms in total. The van der Waals surface area contributed by atoms with Crippen molar-refractivity contribution in [1.82, 2.24) is 4.98 Å². The Morgan fingerprint density at radius 1 is 1.04 bits per heavy atom. The molecule has 2 aliphatic rings. The van der Waals surface area contributed by atoms with Gasteiger partial charge >= 0.3 is 0 Å². The molecule has 3 aromatic rings. The van der Waals surface area contributed by atoms with Crippen molar-refractivity contribution >= 4 is 22.9 Å². The lowest BCUT2D eigenvalue weighted by Gasteiger charge is -2.25. The lowest BCUT2D eigenvalue weighted by Crippen LogP contribution is -2.31. The second kappa shape index (κ2) is 5.71. The van der Waals surface area contributed by atoms with Crippen LogP contribution in [-0.4, -0.2) is 17.4 Å². The molecule has 6 heteroatoms. The van der Waals surface area contributed by atoms with Crippen LogP contribution in [-0.2, 0) is 17.6 Å². The van der Waals surface area contributed by atoms with Crippen molar-refractivity contribution in [1.29, 1.82) is 0 Å². The summed E-state index contributed by atoms with van der Waals surface area (Å²) in [5, 5.41) is 2.56. The minimum Gasteiger partial charge on any atom is -0.312 e. The molecule has 0 spiro atoms. The van der Waals surface area contributed by atoms with Crippen LogP contribution in [0.1, 0.15) is 17.5 Å². The highest BCUT2D eigenvalue weighted by Crippen LogP contribution is 2.40. The summed E-state index contributed by atoms with van der Waals surface area (Å²) in [7, 11) is 0. The molecule has 1 amide bonds. The zero-order chi connectivity index (χ0) is 17.8. The average molecular weight is 368 g/mol. The van der Waals surface area contributed by atoms with Crippen molar-refractivity contribution in [2.75, 3.05) is 11.4 Å². The number of carbonyl (C=O) groups excluding carboxylic acids is 1. The highest BCUT2D eigenvalue weighted by molar-refractivity contribution is 7.13. The molecule has 0 N–H and O–H groups in total. The molecule has 2 aromatic carbocycles. The van der Waals surface area contributed by atoms with Crippen LogP contribution in [0.2, 0.25) is 0 Å². The first-order valence-corrected chi connectivity index (χ1v) is 9.35. The Morgan fingerprint density at radius 3 is 2.73 bits per heavy atom. The Balaban J connectivity index is 1.56. The van der Waals surface area contributed by atoms with Crippen molar-refractivity contribution in [2.45, 2.75) is 19.3 Å². The quantitative estimate of drug-likeness (QED) is 0.663. The van der Waals surface area contributed by atoms with Gasteiger partial charge in [-0.3, -0.25) is 4.79 Å². The summed E-state index contributed by atoms with van der Waals surface area (Å²) in [4.78, 5) is 18.7. The summed E-state index contributed by atoms with van der Waals surface area (Å²) in [6.45, 7) is 0.801. The topological polar surface area (TPSA) is 33.2 Å². The molecule has 3 heterocycles. The molecule has 0 saturated carbocycles. The summed E-state index contributed by atoms with van der Waals surface area (Å²) >= 11 is 1.40. The maximum Gasteiger partial charge on any atom is 0.231 e. The Labute approximate surface area is 152 Å². The predicted molar refractivity (Wildman–Crippen MR) is 97.3 cm³/mol. The molecular weight excluding hydrogens is 354 g/mol. The van der Waals surface area contributed by atoms with Gasteiger partial charge in [-0.05, 0) is 54.3 Å². The van der Waals surface area contributed by atoms with E-state index in [0.717, 1.165) is 48.0 Å². The maximum absolute atomic E-state index is 13.5. The SMILES string of the molecule is O=C1Cc2cc(-c3csc(-c4ccc(F)c(F)c4)n3)cc3c2N1CCC3. The molecule has 5 rings (SSSR count). The molecule has 2 aliphatic heterocycles. The molecule has 0 bridgehead atoms. The highest BCUT2D eigenvalue weighted by Gasteiger charge is 2.32. The normalized spacial score (nSPS) is 15.5. The van der Waals surface area contributed by atoms with Crippen molar-refractivity contribution in [3.05, 3.63) is 58.5 Å². The van der Waals surface area contributed by atoms with E-state index in [1.165, 1.54) is 29.0 Å². The van der Waals surface area contributed by atoms with E-state index >= 15 is 0 Å². The molecule has 0 fully saturated rings. The van der Waals surface area contributed by atoms with Gasteiger partial charge in [0.05, 0.1) is 17.8 Å². The fourth-order valence-electron chi connectivity index (χ4n) is 3.80. The van der Waals surface area contributed by atoms with E-state index in [2.05, 4.69) is 11.1 Å². The zero-order valence-corrected chi connectivity index (χ0v) is 14.6. The van der Waals surface area contributed by atoms with Gasteiger partial charge in [-0.25, -0.2) is 13.8 Å². The molecule has 0 saturated heterocycles. The fourth-order valence-corrected chi connectivity index (χ4v) is 4.62. The number of thiazole rings is 1. The van der Waals surface area contributed by atoms with Gasteiger partial charge in [0.25, 0.3) is 0 Å². The molecule has 130 valence electrons. The van der Waals surface area contributed by atoms with E-state index in [9.17, 15) is 13.6 Å². The summed E-state index contributed by atoms with van der Waals surface area (Å²) in [5.74, 6) is -1.57. The first-order valence-electron chi connectivity index (χ1n) is 8.47. The Bertz CT molecular complexity index is 1060. The number of aryl methyl sites for hydroxylation is 1. The summed E-state index contributed by atoms with van der Waals surface area (Å²) in [6, 6.07) is 7.95. The first-order chi connectivity index (χ1) is 12.6. The van der Waals surface area contributed by atoms with E-state index in [1.54, 1.807) is 0 Å². The molecule has 0 atom stereocenters. The summed E-state index contributed by atoms with van der Waals surface area (Å²) in [5.41, 5.74) is 5.66. The number of rotatable bonds is 2. The van der Waals surface area contributed by atoms with Crippen LogP contribution in [0.5, 0.6) is 0 Å². The third-order valence-electron chi connectivity index (χ3n) is 4.97. The molecular formula is C20H14F2N2OS. The summed E-state index contributed by atoms with van der Waals surface area (Å²) < 4.78 is 26.6. The van der Waals surface area contributed by atoms with Crippen LogP contribution in [0.25, 0.3) is 21.8 Å². The van der Waals surface area contributed by atoms with E-state index in [4.69, 9.17) is 0 Å². The van der Waals surface area contributed by atoms with Crippen LogP contribution < -0.4 is 4.90 Å². The smallest absolute Gasteiger partial charge is 0.231 e. The number of carbonyl (C=O) groups is 1. The minimum atomic E-state index is -0.875. The van der Waals surface area contributed by atoms with Crippen molar-refractivity contribution in [3.63, 3.8) is 0 Å². The number of amides is 1. The number of anilines is 1. The molecule has 0 radical (unpaired) electrons. The van der Waals surface area contributed by atoms with E-state index in [-0.39, 0.29) is 5.91 Å². The lowest BCUT2D eigenvalue weighted by molar-refractivity contribution is -0.117. The number of benzene rings is 2. The van der Waals surface area contributed by atoms with Crippen molar-refractivity contribution < 1.29 is 13.6 Å². The molecule has 0 aliphatic carbocycles. The van der Waals surface area contributed by atoms with Gasteiger partial charge in [-0.1, -0.05) is 0 Å². The molecule has 0 unspecified atom stereocenters. The van der Waals surface area contributed by atoms with Gasteiger partial charge in [0.15, 0.2) is 11.6 Å². The zero-order valence-electron chi connectivity index (χ0n) is 13.8. The second-order valence-corrected chi connectivity index (χ2v) is 7.49. The van der Waals surface area contributed by atoms with Crippen LogP contribution in [0, 0.1) is 11.6 Å². The average Bonchev–Trinajstić information content (AvgIpc) is 3.24. The van der Waals surface area contributed by atoms with E-state index < -0.39 is 11.6 Å². The van der Waals surface area contributed by atoms with Crippen LogP contribution in [0.15, 0.2) is 35.7 Å². The Morgan fingerprint density at radius 2 is 1.88 bits per heavy atom. The summed E-state index contributed by atoms with van der Waals surface area (Å²) in [6.07, 6.45) is 2.37. The van der Waals surface area contributed by atoms with Crippen LogP contribution in [0.3, 0.4) is 0 Å². The molecule has 26 heavy (non-hydrogen) atoms. The van der Waals surface area contributed by atoms with E-state index in [0.29, 0.717) is 17.0 Å². The largest absolute Gasteiger partial charge is 0.312 e.